The average Bonchev–Trinajstić information content (AvgIpc) is 3.26. The molecule has 37 heavy (non-hydrogen) atoms. The number of benzene rings is 4. The zero-order valence-electron chi connectivity index (χ0n) is 18.9. The van der Waals surface area contributed by atoms with Gasteiger partial charge in [0.2, 0.25) is 0 Å². The second-order valence-electron chi connectivity index (χ2n) is 8.06. The number of thiazole rings is 1. The lowest BCUT2D eigenvalue weighted by atomic mass is 10.1. The summed E-state index contributed by atoms with van der Waals surface area (Å²) in [6.07, 6.45) is 0. The Labute approximate surface area is 215 Å². The van der Waals surface area contributed by atoms with E-state index in [1.807, 2.05) is 0 Å². The van der Waals surface area contributed by atoms with Crippen molar-refractivity contribution in [3.8, 4) is 16.3 Å². The lowest BCUT2D eigenvalue weighted by Crippen LogP contribution is -2.00. The van der Waals surface area contributed by atoms with Gasteiger partial charge in [-0.3, -0.25) is 9.11 Å². The number of hydrogen-bond acceptors (Lipinski definition) is 9. The fraction of sp³-hybridized carbons (Fsp3) is 0.0417. The van der Waals surface area contributed by atoms with E-state index in [4.69, 9.17) is 0 Å². The maximum absolute atomic E-state index is 11.9. The number of aromatic nitrogens is 1. The topological polar surface area (TPSA) is 167 Å². The summed E-state index contributed by atoms with van der Waals surface area (Å²) in [4.78, 5) is 3.90. The third-order valence-corrected chi connectivity index (χ3v) is 8.79. The number of fused-ring (bicyclic) bond motifs is 2. The monoisotopic (exact) mass is 555 g/mol. The molecule has 0 saturated carbocycles. The van der Waals surface area contributed by atoms with E-state index >= 15 is 0 Å². The fourth-order valence-electron chi connectivity index (χ4n) is 3.89. The van der Waals surface area contributed by atoms with Crippen molar-refractivity contribution in [3.63, 3.8) is 0 Å². The highest BCUT2D eigenvalue weighted by Gasteiger charge is 2.21. The molecule has 0 radical (unpaired) electrons. The first-order chi connectivity index (χ1) is 17.4. The van der Waals surface area contributed by atoms with E-state index in [1.165, 1.54) is 12.1 Å². The van der Waals surface area contributed by atoms with Crippen LogP contribution in [0.25, 0.3) is 31.6 Å². The van der Waals surface area contributed by atoms with Gasteiger partial charge in [-0.25, -0.2) is 4.98 Å². The first kappa shape index (κ1) is 24.9. The van der Waals surface area contributed by atoms with Crippen LogP contribution < -0.4 is 0 Å². The van der Waals surface area contributed by atoms with Gasteiger partial charge in [-0.2, -0.15) is 21.9 Å². The van der Waals surface area contributed by atoms with Gasteiger partial charge in [0.15, 0.2) is 5.75 Å². The highest BCUT2D eigenvalue weighted by molar-refractivity contribution is 7.86. The SMILES string of the molecule is Cc1ccc2nc(-c3ccc(/N=N/c4cc(S(=O)(=O)O)c5ccccc5c4O)cc3)sc2c1S(=O)(=O)O. The van der Waals surface area contributed by atoms with Crippen LogP contribution in [0.4, 0.5) is 11.4 Å². The quantitative estimate of drug-likeness (QED) is 0.174. The Kier molecular flexibility index (Phi) is 6.04. The zero-order chi connectivity index (χ0) is 26.5. The molecule has 0 aliphatic rings. The molecule has 5 aromatic rings. The van der Waals surface area contributed by atoms with Gasteiger partial charge in [-0.15, -0.1) is 16.5 Å². The molecular weight excluding hydrogens is 538 g/mol. The molecule has 4 aromatic carbocycles. The standard InChI is InChI=1S/C24H17N3O7S3/c1-13-6-11-18-22(23(13)37(32,33)34)35-24(25-18)14-7-9-15(10-8-14)26-27-19-12-20(36(29,30)31)16-4-2-3-5-17(16)21(19)28/h2-12,28H,1H3,(H,29,30,31)(H,32,33,34)/b27-26+. The summed E-state index contributed by atoms with van der Waals surface area (Å²) >= 11 is 1.12. The van der Waals surface area contributed by atoms with Crippen LogP contribution >= 0.6 is 11.3 Å². The van der Waals surface area contributed by atoms with Gasteiger partial charge in [-0.1, -0.05) is 30.3 Å². The highest BCUT2D eigenvalue weighted by Crippen LogP contribution is 2.40. The van der Waals surface area contributed by atoms with E-state index in [9.17, 15) is 31.0 Å². The summed E-state index contributed by atoms with van der Waals surface area (Å²) in [6, 6.07) is 17.1. The van der Waals surface area contributed by atoms with Crippen molar-refractivity contribution in [2.24, 2.45) is 10.2 Å². The van der Waals surface area contributed by atoms with E-state index in [1.54, 1.807) is 55.5 Å². The van der Waals surface area contributed by atoms with E-state index < -0.39 is 25.1 Å². The normalized spacial score (nSPS) is 12.6. The van der Waals surface area contributed by atoms with Crippen molar-refractivity contribution < 1.29 is 31.0 Å². The Balaban J connectivity index is 1.50. The molecule has 0 aliphatic heterocycles. The minimum absolute atomic E-state index is 0.144. The number of rotatable bonds is 5. The Morgan fingerprint density at radius 3 is 2.16 bits per heavy atom. The molecule has 10 nitrogen and oxygen atoms in total. The highest BCUT2D eigenvalue weighted by atomic mass is 32.2. The summed E-state index contributed by atoms with van der Waals surface area (Å²) in [5.74, 6) is -0.289. The van der Waals surface area contributed by atoms with Crippen LogP contribution in [0.15, 0.2) is 86.7 Å². The molecule has 0 atom stereocenters. The number of aryl methyl sites for hydroxylation is 1. The van der Waals surface area contributed by atoms with E-state index in [0.717, 1.165) is 17.4 Å². The van der Waals surface area contributed by atoms with Crippen LogP contribution in [0.1, 0.15) is 5.56 Å². The molecule has 0 unspecified atom stereocenters. The summed E-state index contributed by atoms with van der Waals surface area (Å²) < 4.78 is 67.1. The van der Waals surface area contributed by atoms with Gasteiger partial charge in [0, 0.05) is 16.3 Å². The second kappa shape index (κ2) is 8.97. The number of aromatic hydroxyl groups is 1. The van der Waals surface area contributed by atoms with Gasteiger partial charge < -0.3 is 5.11 Å². The average molecular weight is 556 g/mol. The van der Waals surface area contributed by atoms with E-state index in [0.29, 0.717) is 32.0 Å². The second-order valence-corrected chi connectivity index (χ2v) is 11.8. The fourth-order valence-corrected chi connectivity index (χ4v) is 6.93. The smallest absolute Gasteiger partial charge is 0.296 e. The number of phenols is 1. The zero-order valence-corrected chi connectivity index (χ0v) is 21.3. The van der Waals surface area contributed by atoms with Gasteiger partial charge in [-0.05, 0) is 48.9 Å². The molecule has 5 rings (SSSR count). The molecule has 0 amide bonds. The summed E-state index contributed by atoms with van der Waals surface area (Å²) in [7, 11) is -9.02. The van der Waals surface area contributed by atoms with Gasteiger partial charge in [0.1, 0.15) is 20.5 Å². The van der Waals surface area contributed by atoms with Crippen LogP contribution in [0.3, 0.4) is 0 Å². The molecule has 1 aromatic heterocycles. The first-order valence-electron chi connectivity index (χ1n) is 10.6. The molecular formula is C24H17N3O7S3. The van der Waals surface area contributed by atoms with Crippen molar-refractivity contribution in [2.75, 3.05) is 0 Å². The van der Waals surface area contributed by atoms with Crippen molar-refractivity contribution in [3.05, 3.63) is 72.3 Å². The molecule has 13 heteroatoms. The molecule has 0 aliphatic carbocycles. The predicted octanol–water partition coefficient (Wildman–Crippen LogP) is 6.04. The third kappa shape index (κ3) is 4.70. The molecule has 0 bridgehead atoms. The predicted molar refractivity (Wildman–Crippen MR) is 139 cm³/mol. The molecule has 0 spiro atoms. The largest absolute Gasteiger partial charge is 0.505 e. The third-order valence-electron chi connectivity index (χ3n) is 5.59. The Hall–Kier alpha value is -3.75. The van der Waals surface area contributed by atoms with Crippen molar-refractivity contribution in [1.29, 1.82) is 0 Å². The van der Waals surface area contributed by atoms with Crippen LogP contribution in [0.5, 0.6) is 5.75 Å². The maximum atomic E-state index is 11.9. The van der Waals surface area contributed by atoms with Crippen LogP contribution in [0.2, 0.25) is 0 Å². The van der Waals surface area contributed by atoms with Gasteiger partial charge in [0.25, 0.3) is 20.2 Å². The number of hydrogen-bond donors (Lipinski definition) is 3. The van der Waals surface area contributed by atoms with Crippen LogP contribution in [0, 0.1) is 6.92 Å². The first-order valence-corrected chi connectivity index (χ1v) is 14.2. The number of phenolic OH excluding ortho intramolecular Hbond substituents is 1. The van der Waals surface area contributed by atoms with E-state index in [2.05, 4.69) is 15.2 Å². The lowest BCUT2D eigenvalue weighted by molar-refractivity contribution is 0.478. The van der Waals surface area contributed by atoms with Crippen molar-refractivity contribution in [2.45, 2.75) is 16.7 Å². The van der Waals surface area contributed by atoms with Gasteiger partial charge in [0.05, 0.1) is 15.9 Å². The number of azo groups is 1. The van der Waals surface area contributed by atoms with Crippen LogP contribution in [-0.4, -0.2) is 36.0 Å². The summed E-state index contributed by atoms with van der Waals surface area (Å²) in [5, 5.41) is 19.5. The molecule has 0 fully saturated rings. The Morgan fingerprint density at radius 2 is 1.51 bits per heavy atom. The van der Waals surface area contributed by atoms with Crippen LogP contribution in [-0.2, 0) is 20.2 Å². The molecule has 1 heterocycles. The number of nitrogens with zero attached hydrogens (tertiary/aromatic N) is 3. The molecule has 188 valence electrons. The minimum atomic E-state index is -4.59. The summed E-state index contributed by atoms with van der Waals surface area (Å²) in [5.41, 5.74) is 1.75. The Morgan fingerprint density at radius 1 is 0.838 bits per heavy atom. The van der Waals surface area contributed by atoms with Crippen molar-refractivity contribution in [1.82, 2.24) is 4.98 Å². The minimum Gasteiger partial charge on any atom is -0.505 e. The Bertz CT molecular complexity index is 1950. The lowest BCUT2D eigenvalue weighted by Gasteiger charge is -2.08. The molecule has 3 N–H and O–H groups in total. The summed E-state index contributed by atoms with van der Waals surface area (Å²) in [6.45, 7) is 1.59. The molecule has 0 saturated heterocycles. The maximum Gasteiger partial charge on any atom is 0.296 e. The van der Waals surface area contributed by atoms with Gasteiger partial charge >= 0.3 is 0 Å². The van der Waals surface area contributed by atoms with Crippen molar-refractivity contribution >= 4 is 63.9 Å². The van der Waals surface area contributed by atoms with E-state index in [-0.39, 0.29) is 27.1 Å².